The Morgan fingerprint density at radius 2 is 2.64 bits per heavy atom. The first kappa shape index (κ1) is 6.84. The molecule has 0 aromatic carbocycles. The number of fused-ring (bicyclic) bond motifs is 1. The second-order valence-corrected chi connectivity index (χ2v) is 3.47. The van der Waals surface area contributed by atoms with Gasteiger partial charge in [0.2, 0.25) is 5.91 Å². The van der Waals surface area contributed by atoms with Crippen LogP contribution in [-0.2, 0) is 4.79 Å². The second kappa shape index (κ2) is 2.65. The van der Waals surface area contributed by atoms with Gasteiger partial charge in [-0.15, -0.1) is 11.8 Å². The molecule has 1 saturated heterocycles. The summed E-state index contributed by atoms with van der Waals surface area (Å²) in [6, 6.07) is 0.0544. The van der Waals surface area contributed by atoms with E-state index in [4.69, 9.17) is 0 Å². The minimum atomic E-state index is 0.0544. The lowest BCUT2D eigenvalue weighted by molar-refractivity contribution is -0.119. The van der Waals surface area contributed by atoms with Gasteiger partial charge in [0, 0.05) is 6.20 Å². The zero-order chi connectivity index (χ0) is 7.68. The van der Waals surface area contributed by atoms with E-state index >= 15 is 0 Å². The van der Waals surface area contributed by atoms with Crippen LogP contribution in [-0.4, -0.2) is 23.1 Å². The zero-order valence-electron chi connectivity index (χ0n) is 5.73. The molecular formula is C6H7N3OS. The van der Waals surface area contributed by atoms with Gasteiger partial charge in [0.1, 0.15) is 5.37 Å². The van der Waals surface area contributed by atoms with Gasteiger partial charge in [-0.05, 0) is 6.08 Å². The van der Waals surface area contributed by atoms with Crippen LogP contribution in [0.2, 0.25) is 0 Å². The molecule has 2 aliphatic heterocycles. The van der Waals surface area contributed by atoms with Gasteiger partial charge in [-0.25, -0.2) is 0 Å². The number of hydrogen-bond acceptors (Lipinski definition) is 4. The SMILES string of the molecule is O=C1CSC2N=NC=CC2N1. The summed E-state index contributed by atoms with van der Waals surface area (Å²) >= 11 is 1.53. The van der Waals surface area contributed by atoms with Crippen molar-refractivity contribution < 1.29 is 4.79 Å². The van der Waals surface area contributed by atoms with E-state index in [1.54, 1.807) is 6.20 Å². The van der Waals surface area contributed by atoms with Crippen LogP contribution in [0.25, 0.3) is 0 Å². The third-order valence-electron chi connectivity index (χ3n) is 1.56. The number of nitrogens with zero attached hydrogens (tertiary/aromatic N) is 2. The van der Waals surface area contributed by atoms with Gasteiger partial charge in [-0.3, -0.25) is 4.79 Å². The maximum Gasteiger partial charge on any atom is 0.230 e. The highest BCUT2D eigenvalue weighted by molar-refractivity contribution is 8.00. The van der Waals surface area contributed by atoms with Crippen molar-refractivity contribution in [3.8, 4) is 0 Å². The molecule has 0 aromatic heterocycles. The summed E-state index contributed by atoms with van der Waals surface area (Å²) in [7, 11) is 0. The third-order valence-corrected chi connectivity index (χ3v) is 2.72. The highest BCUT2D eigenvalue weighted by atomic mass is 32.2. The molecule has 0 radical (unpaired) electrons. The zero-order valence-corrected chi connectivity index (χ0v) is 6.54. The molecule has 2 unspecified atom stereocenters. The fraction of sp³-hybridized carbons (Fsp3) is 0.500. The molecule has 2 rings (SSSR count). The Kier molecular flexibility index (Phi) is 1.65. The highest BCUT2D eigenvalue weighted by Crippen LogP contribution is 2.23. The van der Waals surface area contributed by atoms with Gasteiger partial charge in [0.25, 0.3) is 0 Å². The van der Waals surface area contributed by atoms with E-state index in [0.29, 0.717) is 5.75 Å². The molecule has 5 heteroatoms. The molecule has 58 valence electrons. The van der Waals surface area contributed by atoms with Gasteiger partial charge in [0.15, 0.2) is 0 Å². The van der Waals surface area contributed by atoms with Gasteiger partial charge >= 0.3 is 0 Å². The number of azo groups is 1. The number of rotatable bonds is 0. The monoisotopic (exact) mass is 169 g/mol. The van der Waals surface area contributed by atoms with Crippen LogP contribution in [0.15, 0.2) is 22.5 Å². The molecule has 1 N–H and O–H groups in total. The molecule has 0 saturated carbocycles. The van der Waals surface area contributed by atoms with E-state index in [9.17, 15) is 4.79 Å². The Hall–Kier alpha value is -0.840. The Labute approximate surface area is 68.1 Å². The first-order valence-electron chi connectivity index (χ1n) is 3.34. The minimum absolute atomic E-state index is 0.0544. The van der Waals surface area contributed by atoms with Gasteiger partial charge in [0.05, 0.1) is 11.8 Å². The standard InChI is InChI=1S/C6H7N3OS/c10-5-3-11-6-4(8-5)1-2-7-9-6/h1-2,4,6H,3H2,(H,8,10). The Morgan fingerprint density at radius 3 is 3.55 bits per heavy atom. The van der Waals surface area contributed by atoms with Crippen molar-refractivity contribution in [2.24, 2.45) is 10.2 Å². The highest BCUT2D eigenvalue weighted by Gasteiger charge is 2.28. The molecule has 0 aliphatic carbocycles. The lowest BCUT2D eigenvalue weighted by Crippen LogP contribution is -2.46. The van der Waals surface area contributed by atoms with E-state index in [1.807, 2.05) is 6.08 Å². The molecule has 0 aromatic rings. The molecule has 1 amide bonds. The van der Waals surface area contributed by atoms with Crippen LogP contribution < -0.4 is 5.32 Å². The molecule has 4 nitrogen and oxygen atoms in total. The maximum absolute atomic E-state index is 10.9. The summed E-state index contributed by atoms with van der Waals surface area (Å²) in [6.07, 6.45) is 3.48. The van der Waals surface area contributed by atoms with E-state index in [1.165, 1.54) is 11.8 Å². The number of carbonyl (C=O) groups is 1. The maximum atomic E-state index is 10.9. The van der Waals surface area contributed by atoms with Crippen LogP contribution in [0.1, 0.15) is 0 Å². The Balaban J connectivity index is 2.12. The van der Waals surface area contributed by atoms with Crippen molar-refractivity contribution in [3.63, 3.8) is 0 Å². The van der Waals surface area contributed by atoms with Crippen molar-refractivity contribution in [2.75, 3.05) is 5.75 Å². The molecule has 11 heavy (non-hydrogen) atoms. The predicted molar refractivity (Wildman–Crippen MR) is 42.2 cm³/mol. The first-order valence-corrected chi connectivity index (χ1v) is 4.39. The summed E-state index contributed by atoms with van der Waals surface area (Å²) in [6.45, 7) is 0. The summed E-state index contributed by atoms with van der Waals surface area (Å²) in [5.41, 5.74) is 0. The van der Waals surface area contributed by atoms with Gasteiger partial charge in [-0.1, -0.05) is 0 Å². The van der Waals surface area contributed by atoms with Crippen molar-refractivity contribution in [2.45, 2.75) is 11.4 Å². The fourth-order valence-corrected chi connectivity index (χ4v) is 1.94. The van der Waals surface area contributed by atoms with Crippen molar-refractivity contribution in [1.82, 2.24) is 5.32 Å². The second-order valence-electron chi connectivity index (χ2n) is 2.37. The van der Waals surface area contributed by atoms with E-state index in [2.05, 4.69) is 15.5 Å². The van der Waals surface area contributed by atoms with E-state index < -0.39 is 0 Å². The van der Waals surface area contributed by atoms with Crippen LogP contribution in [0.5, 0.6) is 0 Å². The average molecular weight is 169 g/mol. The molecule has 0 bridgehead atoms. The van der Waals surface area contributed by atoms with E-state index in [0.717, 1.165) is 0 Å². The van der Waals surface area contributed by atoms with Crippen LogP contribution in [0.4, 0.5) is 0 Å². The molecule has 2 aliphatic rings. The van der Waals surface area contributed by atoms with Crippen molar-refractivity contribution >= 4 is 17.7 Å². The molecule has 2 heterocycles. The van der Waals surface area contributed by atoms with Crippen LogP contribution in [0, 0.1) is 0 Å². The Morgan fingerprint density at radius 1 is 1.73 bits per heavy atom. The number of carbonyl (C=O) groups excluding carboxylic acids is 1. The molecule has 0 spiro atoms. The lowest BCUT2D eigenvalue weighted by atomic mass is 10.2. The quantitative estimate of drug-likeness (QED) is 0.575. The summed E-state index contributed by atoms with van der Waals surface area (Å²) in [4.78, 5) is 10.9. The third kappa shape index (κ3) is 1.28. The smallest absolute Gasteiger partial charge is 0.230 e. The predicted octanol–water partition coefficient (Wildman–Crippen LogP) is 0.524. The normalized spacial score (nSPS) is 34.7. The average Bonchev–Trinajstić information content (AvgIpc) is 2.04. The molecule has 1 fully saturated rings. The number of thioether (sulfide) groups is 1. The Bertz CT molecular complexity index is 238. The number of amides is 1. The van der Waals surface area contributed by atoms with E-state index in [-0.39, 0.29) is 17.3 Å². The minimum Gasteiger partial charge on any atom is -0.346 e. The van der Waals surface area contributed by atoms with Crippen LogP contribution >= 0.6 is 11.8 Å². The topological polar surface area (TPSA) is 53.8 Å². The van der Waals surface area contributed by atoms with Crippen LogP contribution in [0.3, 0.4) is 0 Å². The van der Waals surface area contributed by atoms with Gasteiger partial charge < -0.3 is 5.32 Å². The number of hydrogen-bond donors (Lipinski definition) is 1. The largest absolute Gasteiger partial charge is 0.346 e. The molecular weight excluding hydrogens is 162 g/mol. The fourth-order valence-electron chi connectivity index (χ4n) is 1.05. The lowest BCUT2D eigenvalue weighted by Gasteiger charge is -2.26. The summed E-state index contributed by atoms with van der Waals surface area (Å²) < 4.78 is 0. The van der Waals surface area contributed by atoms with Crippen molar-refractivity contribution in [3.05, 3.63) is 12.3 Å². The first-order chi connectivity index (χ1) is 5.36. The molecule has 2 atom stereocenters. The van der Waals surface area contributed by atoms with Crippen molar-refractivity contribution in [1.29, 1.82) is 0 Å². The summed E-state index contributed by atoms with van der Waals surface area (Å²) in [5.74, 6) is 0.576. The number of nitrogens with one attached hydrogen (secondary N) is 1. The summed E-state index contributed by atoms with van der Waals surface area (Å²) in [5, 5.41) is 10.6. The van der Waals surface area contributed by atoms with Gasteiger partial charge in [-0.2, -0.15) is 10.2 Å².